The molecule has 2 amide bonds. The van der Waals surface area contributed by atoms with Crippen LogP contribution in [0.2, 0.25) is 0 Å². The van der Waals surface area contributed by atoms with Crippen LogP contribution in [-0.4, -0.2) is 108 Å². The first-order valence-corrected chi connectivity index (χ1v) is 16.2. The molecule has 3 rings (SSSR count). The van der Waals surface area contributed by atoms with Gasteiger partial charge in [-0.05, 0) is 96.9 Å². The monoisotopic (exact) mass is 656 g/mol. The van der Waals surface area contributed by atoms with Crippen LogP contribution in [-0.2, 0) is 16.1 Å². The highest BCUT2D eigenvalue weighted by Gasteiger charge is 2.18. The lowest BCUT2D eigenvalue weighted by atomic mass is 10.1. The summed E-state index contributed by atoms with van der Waals surface area (Å²) in [4.78, 5) is 37.3. The number of hydrogen-bond acceptors (Lipinski definition) is 12. The highest BCUT2D eigenvalue weighted by atomic mass is 16.5. The highest BCUT2D eigenvalue weighted by molar-refractivity contribution is 5.96. The van der Waals surface area contributed by atoms with Gasteiger partial charge in [-0.15, -0.1) is 0 Å². The molecule has 2 heterocycles. The average molecular weight is 657 g/mol. The van der Waals surface area contributed by atoms with Crippen LogP contribution in [0.1, 0.15) is 62.4 Å². The van der Waals surface area contributed by atoms with Gasteiger partial charge in [0.2, 0.25) is 5.91 Å². The van der Waals surface area contributed by atoms with Crippen LogP contribution in [0.15, 0.2) is 24.3 Å². The number of nitrogens with one attached hydrogen (secondary N) is 5. The lowest BCUT2D eigenvalue weighted by Gasteiger charge is -2.20. The molecule has 0 aliphatic heterocycles. The zero-order chi connectivity index (χ0) is 34.1. The molecule has 0 radical (unpaired) electrons. The van der Waals surface area contributed by atoms with E-state index in [0.29, 0.717) is 24.4 Å². The van der Waals surface area contributed by atoms with Crippen LogP contribution in [0.4, 0.5) is 5.82 Å². The predicted octanol–water partition coefficient (Wildman–Crippen LogP) is 1.16. The highest BCUT2D eigenvalue weighted by Crippen LogP contribution is 2.25. The summed E-state index contributed by atoms with van der Waals surface area (Å²) >= 11 is 0. The maximum Gasteiger partial charge on any atom is 0.320 e. The number of aromatic hydroxyl groups is 1. The maximum absolute atomic E-state index is 12.6. The molecule has 0 spiro atoms. The SMILES string of the molecule is COCCOc1nc(N)c2nc(O)n(Cc3ccc(C(=O)NCC(=O)NCCCNCCCCNCCCNC(C)(C)C)cc3)c2n1. The van der Waals surface area contributed by atoms with Crippen LogP contribution >= 0.6 is 0 Å². The Morgan fingerprint density at radius 3 is 2.19 bits per heavy atom. The van der Waals surface area contributed by atoms with E-state index in [1.54, 1.807) is 31.4 Å². The number of anilines is 1. The average Bonchev–Trinajstić information content (AvgIpc) is 3.35. The lowest BCUT2D eigenvalue weighted by Crippen LogP contribution is -2.37. The normalized spacial score (nSPS) is 11.6. The number of unbranched alkanes of at least 4 members (excludes halogenated alkanes) is 1. The number of carbonyl (C=O) groups is 2. The van der Waals surface area contributed by atoms with Crippen molar-refractivity contribution >= 4 is 28.8 Å². The molecule has 2 aromatic heterocycles. The number of ether oxygens (including phenoxy) is 2. The Morgan fingerprint density at radius 1 is 0.872 bits per heavy atom. The fourth-order valence-electron chi connectivity index (χ4n) is 4.55. The number of nitrogen functional groups attached to an aromatic ring is 1. The first-order chi connectivity index (χ1) is 22.6. The number of nitrogens with zero attached hydrogens (tertiary/aromatic N) is 4. The summed E-state index contributed by atoms with van der Waals surface area (Å²) in [6.07, 6.45) is 4.16. The molecular weight excluding hydrogens is 604 g/mol. The first kappa shape index (κ1) is 37.4. The van der Waals surface area contributed by atoms with Crippen LogP contribution < -0.4 is 37.1 Å². The molecule has 0 atom stereocenters. The van der Waals surface area contributed by atoms with Gasteiger partial charge in [-0.1, -0.05) is 12.1 Å². The second-order valence-corrected chi connectivity index (χ2v) is 12.2. The maximum atomic E-state index is 12.6. The minimum absolute atomic E-state index is 0.0474. The third kappa shape index (κ3) is 13.7. The van der Waals surface area contributed by atoms with E-state index in [1.807, 2.05) is 0 Å². The van der Waals surface area contributed by atoms with Crippen molar-refractivity contribution in [1.29, 1.82) is 0 Å². The summed E-state index contributed by atoms with van der Waals surface area (Å²) in [7, 11) is 1.55. The minimum Gasteiger partial charge on any atom is -0.480 e. The number of methoxy groups -OCH3 is 1. The Balaban J connectivity index is 1.29. The Labute approximate surface area is 276 Å². The van der Waals surface area contributed by atoms with Crippen molar-refractivity contribution in [3.05, 3.63) is 35.4 Å². The summed E-state index contributed by atoms with van der Waals surface area (Å²) in [5, 5.41) is 26.3. The Bertz CT molecular complexity index is 1390. The third-order valence-electron chi connectivity index (χ3n) is 7.06. The molecule has 260 valence electrons. The number of amides is 2. The van der Waals surface area contributed by atoms with E-state index in [9.17, 15) is 14.7 Å². The zero-order valence-electron chi connectivity index (χ0n) is 28.2. The molecule has 0 unspecified atom stereocenters. The van der Waals surface area contributed by atoms with Crippen LogP contribution in [0.5, 0.6) is 12.0 Å². The molecular formula is C32H52N10O5. The summed E-state index contributed by atoms with van der Waals surface area (Å²) in [5.74, 6) is -0.527. The lowest BCUT2D eigenvalue weighted by molar-refractivity contribution is -0.120. The van der Waals surface area contributed by atoms with E-state index in [2.05, 4.69) is 62.3 Å². The van der Waals surface area contributed by atoms with Crippen LogP contribution in [0.25, 0.3) is 11.2 Å². The number of benzene rings is 1. The molecule has 0 saturated carbocycles. The number of fused-ring (bicyclic) bond motifs is 1. The van der Waals surface area contributed by atoms with Gasteiger partial charge in [0.05, 0.1) is 19.7 Å². The van der Waals surface area contributed by atoms with Crippen molar-refractivity contribution < 1.29 is 24.2 Å². The van der Waals surface area contributed by atoms with Crippen molar-refractivity contribution in [2.45, 2.75) is 58.5 Å². The van der Waals surface area contributed by atoms with Gasteiger partial charge in [-0.3, -0.25) is 14.2 Å². The first-order valence-electron chi connectivity index (χ1n) is 16.2. The van der Waals surface area contributed by atoms with Gasteiger partial charge < -0.3 is 46.9 Å². The van der Waals surface area contributed by atoms with Crippen molar-refractivity contribution in [2.24, 2.45) is 0 Å². The Morgan fingerprint density at radius 2 is 1.53 bits per heavy atom. The fraction of sp³-hybridized carbons (Fsp3) is 0.594. The molecule has 0 aliphatic carbocycles. The molecule has 0 fully saturated rings. The topological polar surface area (TPSA) is 203 Å². The molecule has 3 aromatic rings. The molecule has 0 bridgehead atoms. The van der Waals surface area contributed by atoms with E-state index in [4.69, 9.17) is 15.2 Å². The van der Waals surface area contributed by atoms with Gasteiger partial charge in [0.15, 0.2) is 17.0 Å². The summed E-state index contributed by atoms with van der Waals surface area (Å²) < 4.78 is 11.9. The van der Waals surface area contributed by atoms with E-state index >= 15 is 0 Å². The van der Waals surface area contributed by atoms with Gasteiger partial charge in [-0.25, -0.2) is 0 Å². The number of hydrogen-bond donors (Lipinski definition) is 7. The summed E-state index contributed by atoms with van der Waals surface area (Å²) in [6, 6.07) is 6.56. The smallest absolute Gasteiger partial charge is 0.320 e. The summed E-state index contributed by atoms with van der Waals surface area (Å²) in [6.45, 7) is 12.6. The second-order valence-electron chi connectivity index (χ2n) is 12.2. The molecule has 15 nitrogen and oxygen atoms in total. The molecule has 0 saturated heterocycles. The zero-order valence-corrected chi connectivity index (χ0v) is 28.2. The predicted molar refractivity (Wildman–Crippen MR) is 182 cm³/mol. The number of imidazole rings is 1. The van der Waals surface area contributed by atoms with Gasteiger partial charge in [0.1, 0.15) is 6.61 Å². The number of nitrogens with two attached hydrogens (primary N) is 1. The van der Waals surface area contributed by atoms with E-state index in [-0.39, 0.29) is 60.4 Å². The standard InChI is InChI=1S/C32H52N10O5/c1-32(2,3)38-18-8-16-35-14-6-5-13-34-15-7-17-36-25(43)21-37-29(44)24-11-9-23(10-12-24)22-42-28-26(39-31(42)45)27(33)40-30(41-28)47-20-19-46-4/h9-12,34-35,38H,5-8,13-22H2,1-4H3,(H,36,43)(H,37,44)(H,39,45)(H2,33,40,41). The molecule has 15 heteroatoms. The van der Waals surface area contributed by atoms with Gasteiger partial charge in [0, 0.05) is 24.8 Å². The second kappa shape index (κ2) is 19.6. The van der Waals surface area contributed by atoms with Crippen LogP contribution in [0, 0.1) is 0 Å². The Kier molecular flexibility index (Phi) is 15.6. The van der Waals surface area contributed by atoms with Crippen molar-refractivity contribution in [2.75, 3.05) is 71.9 Å². The van der Waals surface area contributed by atoms with Crippen molar-refractivity contribution in [3.63, 3.8) is 0 Å². The van der Waals surface area contributed by atoms with Gasteiger partial charge >= 0.3 is 6.01 Å². The number of rotatable bonds is 22. The third-order valence-corrected chi connectivity index (χ3v) is 7.06. The molecule has 47 heavy (non-hydrogen) atoms. The largest absolute Gasteiger partial charge is 0.480 e. The fourth-order valence-corrected chi connectivity index (χ4v) is 4.55. The van der Waals surface area contributed by atoms with E-state index in [1.165, 1.54) is 4.57 Å². The van der Waals surface area contributed by atoms with Crippen molar-refractivity contribution in [3.8, 4) is 12.0 Å². The van der Waals surface area contributed by atoms with E-state index in [0.717, 1.165) is 64.0 Å². The minimum atomic E-state index is -0.362. The molecule has 1 aromatic carbocycles. The number of carbonyl (C=O) groups excluding carboxylic acids is 2. The number of aromatic nitrogens is 4. The quantitative estimate of drug-likeness (QED) is 0.0762. The summed E-state index contributed by atoms with van der Waals surface area (Å²) in [5.41, 5.74) is 7.91. The van der Waals surface area contributed by atoms with Gasteiger partial charge in [-0.2, -0.15) is 15.0 Å². The molecule has 0 aliphatic rings. The molecule has 8 N–H and O–H groups in total. The Hall–Kier alpha value is -4.05. The van der Waals surface area contributed by atoms with Gasteiger partial charge in [0.25, 0.3) is 11.9 Å². The van der Waals surface area contributed by atoms with E-state index < -0.39 is 0 Å². The van der Waals surface area contributed by atoms with Crippen LogP contribution in [0.3, 0.4) is 0 Å². The van der Waals surface area contributed by atoms with Crippen molar-refractivity contribution in [1.82, 2.24) is 46.1 Å².